The highest BCUT2D eigenvalue weighted by molar-refractivity contribution is 5.23. The predicted octanol–water partition coefficient (Wildman–Crippen LogP) is 2.84. The lowest BCUT2D eigenvalue weighted by Crippen LogP contribution is -2.42. The average Bonchev–Trinajstić information content (AvgIpc) is 2.19. The van der Waals surface area contributed by atoms with Crippen molar-refractivity contribution in [1.29, 1.82) is 0 Å². The van der Waals surface area contributed by atoms with Crippen LogP contribution in [0.3, 0.4) is 0 Å². The van der Waals surface area contributed by atoms with E-state index >= 15 is 0 Å². The van der Waals surface area contributed by atoms with Crippen LogP contribution in [0.25, 0.3) is 0 Å². The molecule has 1 unspecified atom stereocenters. The number of halogens is 1. The molecule has 1 aromatic rings. The Bertz CT molecular complexity index is 333. The SMILES string of the molecule is CNC(COc1ccccc1F)C(C)(C)C. The first kappa shape index (κ1) is 13.0. The van der Waals surface area contributed by atoms with Crippen LogP contribution in [0.15, 0.2) is 24.3 Å². The monoisotopic (exact) mass is 225 g/mol. The molecule has 1 N–H and O–H groups in total. The van der Waals surface area contributed by atoms with Crippen molar-refractivity contribution >= 4 is 0 Å². The third-order valence-corrected chi connectivity index (χ3v) is 2.64. The number of hydrogen-bond acceptors (Lipinski definition) is 2. The molecular formula is C13H20FNO. The molecule has 1 rings (SSSR count). The number of nitrogens with one attached hydrogen (secondary N) is 1. The van der Waals surface area contributed by atoms with Gasteiger partial charge in [-0.25, -0.2) is 4.39 Å². The third-order valence-electron chi connectivity index (χ3n) is 2.64. The summed E-state index contributed by atoms with van der Waals surface area (Å²) in [5, 5.41) is 3.18. The van der Waals surface area contributed by atoms with E-state index in [1.54, 1.807) is 18.2 Å². The summed E-state index contributed by atoms with van der Waals surface area (Å²) in [5.74, 6) is -0.00161. The van der Waals surface area contributed by atoms with Crippen molar-refractivity contribution < 1.29 is 9.13 Å². The fourth-order valence-corrected chi connectivity index (χ4v) is 1.50. The molecule has 0 bridgehead atoms. The zero-order valence-corrected chi connectivity index (χ0v) is 10.4. The molecule has 0 saturated carbocycles. The van der Waals surface area contributed by atoms with Gasteiger partial charge in [0.15, 0.2) is 11.6 Å². The van der Waals surface area contributed by atoms with Gasteiger partial charge < -0.3 is 10.1 Å². The van der Waals surface area contributed by atoms with Gasteiger partial charge in [0, 0.05) is 6.04 Å². The number of para-hydroxylation sites is 1. The minimum Gasteiger partial charge on any atom is -0.489 e. The Morgan fingerprint density at radius 1 is 1.31 bits per heavy atom. The Labute approximate surface area is 96.8 Å². The maximum atomic E-state index is 13.3. The van der Waals surface area contributed by atoms with Crippen molar-refractivity contribution in [3.63, 3.8) is 0 Å². The first-order chi connectivity index (χ1) is 7.45. The molecule has 16 heavy (non-hydrogen) atoms. The topological polar surface area (TPSA) is 21.3 Å². The number of benzene rings is 1. The van der Waals surface area contributed by atoms with Crippen LogP contribution in [0.5, 0.6) is 5.75 Å². The van der Waals surface area contributed by atoms with Gasteiger partial charge in [-0.1, -0.05) is 32.9 Å². The molecule has 0 aliphatic rings. The molecule has 0 aliphatic heterocycles. The number of hydrogen-bond donors (Lipinski definition) is 1. The van der Waals surface area contributed by atoms with Gasteiger partial charge in [-0.2, -0.15) is 0 Å². The zero-order valence-electron chi connectivity index (χ0n) is 10.4. The zero-order chi connectivity index (χ0) is 12.2. The summed E-state index contributed by atoms with van der Waals surface area (Å²) in [6.07, 6.45) is 0. The van der Waals surface area contributed by atoms with E-state index in [0.29, 0.717) is 12.4 Å². The molecule has 0 heterocycles. The number of likely N-dealkylation sites (N-methyl/N-ethyl adjacent to an activating group) is 1. The maximum Gasteiger partial charge on any atom is 0.165 e. The van der Waals surface area contributed by atoms with Crippen LogP contribution in [0, 0.1) is 11.2 Å². The molecule has 0 aromatic heterocycles. The maximum absolute atomic E-state index is 13.3. The van der Waals surface area contributed by atoms with Gasteiger partial charge in [0.1, 0.15) is 6.61 Å². The number of rotatable bonds is 4. The molecule has 90 valence electrons. The minimum atomic E-state index is -0.314. The van der Waals surface area contributed by atoms with E-state index < -0.39 is 0 Å². The van der Waals surface area contributed by atoms with Crippen molar-refractivity contribution in [1.82, 2.24) is 5.32 Å². The van der Waals surface area contributed by atoms with Crippen molar-refractivity contribution in [3.8, 4) is 5.75 Å². The molecule has 0 saturated heterocycles. The number of ether oxygens (including phenoxy) is 1. The minimum absolute atomic E-state index is 0.0833. The lowest BCUT2D eigenvalue weighted by molar-refractivity contribution is 0.177. The average molecular weight is 225 g/mol. The Kier molecular flexibility index (Phi) is 4.30. The molecule has 0 radical (unpaired) electrons. The van der Waals surface area contributed by atoms with Gasteiger partial charge in [0.05, 0.1) is 0 Å². The third kappa shape index (κ3) is 3.49. The van der Waals surface area contributed by atoms with Crippen LogP contribution in [0.2, 0.25) is 0 Å². The molecule has 2 nitrogen and oxygen atoms in total. The largest absolute Gasteiger partial charge is 0.489 e. The summed E-state index contributed by atoms with van der Waals surface area (Å²) < 4.78 is 18.8. The van der Waals surface area contributed by atoms with Crippen LogP contribution < -0.4 is 10.1 Å². The van der Waals surface area contributed by atoms with Gasteiger partial charge in [-0.3, -0.25) is 0 Å². The quantitative estimate of drug-likeness (QED) is 0.850. The van der Waals surface area contributed by atoms with Crippen LogP contribution in [-0.2, 0) is 0 Å². The Morgan fingerprint density at radius 3 is 2.44 bits per heavy atom. The van der Waals surface area contributed by atoms with Crippen LogP contribution in [0.1, 0.15) is 20.8 Å². The normalized spacial score (nSPS) is 13.6. The van der Waals surface area contributed by atoms with E-state index in [9.17, 15) is 4.39 Å². The summed E-state index contributed by atoms with van der Waals surface area (Å²) in [5.41, 5.74) is 0.0833. The highest BCUT2D eigenvalue weighted by Gasteiger charge is 2.23. The van der Waals surface area contributed by atoms with Crippen molar-refractivity contribution in [3.05, 3.63) is 30.1 Å². The van der Waals surface area contributed by atoms with E-state index in [1.165, 1.54) is 6.07 Å². The van der Waals surface area contributed by atoms with Gasteiger partial charge in [0.2, 0.25) is 0 Å². The lowest BCUT2D eigenvalue weighted by Gasteiger charge is -2.30. The molecular weight excluding hydrogens is 205 g/mol. The van der Waals surface area contributed by atoms with Gasteiger partial charge in [-0.15, -0.1) is 0 Å². The molecule has 0 aliphatic carbocycles. The summed E-state index contributed by atoms with van der Waals surface area (Å²) in [6, 6.07) is 6.66. The standard InChI is InChI=1S/C13H20FNO/c1-13(2,3)12(15-4)9-16-11-8-6-5-7-10(11)14/h5-8,12,15H,9H2,1-4H3. The van der Waals surface area contributed by atoms with Gasteiger partial charge in [-0.05, 0) is 24.6 Å². The van der Waals surface area contributed by atoms with Crippen molar-refractivity contribution in [2.75, 3.05) is 13.7 Å². The Hall–Kier alpha value is -1.09. The molecule has 1 aromatic carbocycles. The van der Waals surface area contributed by atoms with E-state index in [-0.39, 0.29) is 17.3 Å². The van der Waals surface area contributed by atoms with Crippen LogP contribution >= 0.6 is 0 Å². The van der Waals surface area contributed by atoms with Gasteiger partial charge >= 0.3 is 0 Å². The Balaban J connectivity index is 2.60. The van der Waals surface area contributed by atoms with Crippen LogP contribution in [0.4, 0.5) is 4.39 Å². The first-order valence-electron chi connectivity index (χ1n) is 5.49. The fraction of sp³-hybridized carbons (Fsp3) is 0.538. The second kappa shape index (κ2) is 5.30. The highest BCUT2D eigenvalue weighted by atomic mass is 19.1. The second-order valence-corrected chi connectivity index (χ2v) is 4.95. The Morgan fingerprint density at radius 2 is 1.94 bits per heavy atom. The molecule has 0 fully saturated rings. The van der Waals surface area contributed by atoms with E-state index in [2.05, 4.69) is 26.1 Å². The second-order valence-electron chi connectivity index (χ2n) is 4.95. The molecule has 0 spiro atoms. The summed E-state index contributed by atoms with van der Waals surface area (Å²) >= 11 is 0. The van der Waals surface area contributed by atoms with E-state index in [1.807, 2.05) is 7.05 Å². The summed E-state index contributed by atoms with van der Waals surface area (Å²) in [6.45, 7) is 6.83. The first-order valence-corrected chi connectivity index (χ1v) is 5.49. The lowest BCUT2D eigenvalue weighted by atomic mass is 9.87. The summed E-state index contributed by atoms with van der Waals surface area (Å²) in [4.78, 5) is 0. The fourth-order valence-electron chi connectivity index (χ4n) is 1.50. The van der Waals surface area contributed by atoms with E-state index in [4.69, 9.17) is 4.74 Å². The van der Waals surface area contributed by atoms with Crippen molar-refractivity contribution in [2.24, 2.45) is 5.41 Å². The molecule has 3 heteroatoms. The highest BCUT2D eigenvalue weighted by Crippen LogP contribution is 2.21. The van der Waals surface area contributed by atoms with Crippen molar-refractivity contribution in [2.45, 2.75) is 26.8 Å². The summed E-state index contributed by atoms with van der Waals surface area (Å²) in [7, 11) is 1.89. The van der Waals surface area contributed by atoms with Gasteiger partial charge in [0.25, 0.3) is 0 Å². The molecule has 1 atom stereocenters. The van der Waals surface area contributed by atoms with E-state index in [0.717, 1.165) is 0 Å². The smallest absolute Gasteiger partial charge is 0.165 e. The predicted molar refractivity (Wildman–Crippen MR) is 64.2 cm³/mol. The molecule has 0 amide bonds. The van der Waals surface area contributed by atoms with Crippen LogP contribution in [-0.4, -0.2) is 19.7 Å².